The van der Waals surface area contributed by atoms with Gasteiger partial charge in [-0.25, -0.2) is 19.3 Å². The zero-order valence-corrected chi connectivity index (χ0v) is 20.2. The van der Waals surface area contributed by atoms with E-state index in [1.165, 1.54) is 25.4 Å². The SMILES string of the molecule is CC(=O)Nc1ccc2cccc(Oc3cc(N4CCN(C(C)c5ccc(F)cc5)CC4)ncn3)c2n1. The average molecular weight is 487 g/mol. The van der Waals surface area contributed by atoms with Crippen molar-refractivity contribution in [2.24, 2.45) is 0 Å². The van der Waals surface area contributed by atoms with Gasteiger partial charge in [0.2, 0.25) is 11.8 Å². The van der Waals surface area contributed by atoms with Gasteiger partial charge in [0.25, 0.3) is 0 Å². The van der Waals surface area contributed by atoms with Gasteiger partial charge in [-0.2, -0.15) is 0 Å². The van der Waals surface area contributed by atoms with Gasteiger partial charge in [0.15, 0.2) is 5.75 Å². The Labute approximate surface area is 208 Å². The van der Waals surface area contributed by atoms with Gasteiger partial charge >= 0.3 is 0 Å². The first-order valence-corrected chi connectivity index (χ1v) is 11.9. The van der Waals surface area contributed by atoms with E-state index < -0.39 is 0 Å². The van der Waals surface area contributed by atoms with E-state index in [4.69, 9.17) is 4.74 Å². The number of fused-ring (bicyclic) bond motifs is 1. The van der Waals surface area contributed by atoms with Gasteiger partial charge in [-0.05, 0) is 42.8 Å². The van der Waals surface area contributed by atoms with E-state index in [2.05, 4.69) is 37.0 Å². The van der Waals surface area contributed by atoms with Crippen molar-refractivity contribution in [2.75, 3.05) is 36.4 Å². The van der Waals surface area contributed by atoms with E-state index in [1.54, 1.807) is 6.07 Å². The number of para-hydroxylation sites is 1. The molecule has 0 spiro atoms. The summed E-state index contributed by atoms with van der Waals surface area (Å²) < 4.78 is 19.4. The molecule has 1 saturated heterocycles. The molecule has 0 radical (unpaired) electrons. The minimum Gasteiger partial charge on any atom is -0.437 e. The number of nitrogens with one attached hydrogen (secondary N) is 1. The van der Waals surface area contributed by atoms with Crippen molar-refractivity contribution < 1.29 is 13.9 Å². The number of anilines is 2. The molecular formula is C27H27FN6O2. The van der Waals surface area contributed by atoms with Crippen molar-refractivity contribution >= 4 is 28.4 Å². The third-order valence-electron chi connectivity index (χ3n) is 6.37. The highest BCUT2D eigenvalue weighted by Gasteiger charge is 2.23. The number of nitrogens with zero attached hydrogens (tertiary/aromatic N) is 5. The summed E-state index contributed by atoms with van der Waals surface area (Å²) in [6.45, 7) is 6.92. The molecule has 3 heterocycles. The number of rotatable bonds is 6. The van der Waals surface area contributed by atoms with E-state index in [0.717, 1.165) is 42.9 Å². The van der Waals surface area contributed by atoms with Crippen molar-refractivity contribution in [3.8, 4) is 11.6 Å². The van der Waals surface area contributed by atoms with Crippen molar-refractivity contribution in [1.82, 2.24) is 19.9 Å². The van der Waals surface area contributed by atoms with Gasteiger partial charge in [0.1, 0.15) is 29.3 Å². The van der Waals surface area contributed by atoms with Crippen LogP contribution in [0, 0.1) is 5.82 Å². The summed E-state index contributed by atoms with van der Waals surface area (Å²) in [5, 5.41) is 3.60. The van der Waals surface area contributed by atoms with E-state index in [-0.39, 0.29) is 17.8 Å². The Bertz CT molecular complexity index is 1370. The Balaban J connectivity index is 1.28. The Kier molecular flexibility index (Phi) is 6.73. The maximum Gasteiger partial charge on any atom is 0.224 e. The van der Waals surface area contributed by atoms with Crippen LogP contribution in [0.3, 0.4) is 0 Å². The number of aromatic nitrogens is 3. The van der Waals surface area contributed by atoms with Gasteiger partial charge < -0.3 is 15.0 Å². The van der Waals surface area contributed by atoms with Gasteiger partial charge in [0.05, 0.1) is 0 Å². The molecule has 5 rings (SSSR count). The van der Waals surface area contributed by atoms with Crippen LogP contribution in [-0.2, 0) is 4.79 Å². The molecular weight excluding hydrogens is 459 g/mol. The Morgan fingerprint density at radius 3 is 2.56 bits per heavy atom. The third-order valence-corrected chi connectivity index (χ3v) is 6.37. The molecule has 1 aliphatic rings. The molecule has 1 N–H and O–H groups in total. The molecule has 36 heavy (non-hydrogen) atoms. The van der Waals surface area contributed by atoms with Crippen molar-refractivity contribution in [1.29, 1.82) is 0 Å². The standard InChI is InChI=1S/C27H27FN6O2/c1-18(20-6-9-22(28)10-7-20)33-12-14-34(15-13-33)25-16-26(30-17-29-25)36-23-5-3-4-21-8-11-24(31-19(2)35)32-27(21)23/h3-11,16-18H,12-15H2,1-2H3,(H,31,32,35). The molecule has 2 aromatic heterocycles. The number of halogens is 1. The highest BCUT2D eigenvalue weighted by molar-refractivity contribution is 5.91. The Morgan fingerprint density at radius 1 is 1.03 bits per heavy atom. The fourth-order valence-electron chi connectivity index (χ4n) is 4.41. The van der Waals surface area contributed by atoms with Crippen LogP contribution in [0.1, 0.15) is 25.5 Å². The summed E-state index contributed by atoms with van der Waals surface area (Å²) >= 11 is 0. The Hall–Kier alpha value is -4.11. The number of carbonyl (C=O) groups excluding carboxylic acids is 1. The second-order valence-electron chi connectivity index (χ2n) is 8.77. The molecule has 1 amide bonds. The quantitative estimate of drug-likeness (QED) is 0.419. The van der Waals surface area contributed by atoms with Crippen LogP contribution in [0.5, 0.6) is 11.6 Å². The molecule has 1 atom stereocenters. The summed E-state index contributed by atoms with van der Waals surface area (Å²) in [5.74, 6) is 1.81. The molecule has 4 aromatic rings. The highest BCUT2D eigenvalue weighted by Crippen LogP contribution is 2.30. The van der Waals surface area contributed by atoms with Gasteiger partial charge in [-0.3, -0.25) is 9.69 Å². The smallest absolute Gasteiger partial charge is 0.224 e. The van der Waals surface area contributed by atoms with Crippen molar-refractivity contribution in [3.63, 3.8) is 0 Å². The summed E-state index contributed by atoms with van der Waals surface area (Å²) in [5.41, 5.74) is 1.74. The second kappa shape index (κ2) is 10.2. The lowest BCUT2D eigenvalue weighted by Crippen LogP contribution is -2.47. The molecule has 0 saturated carbocycles. The zero-order chi connectivity index (χ0) is 25.1. The number of piperazine rings is 1. The largest absolute Gasteiger partial charge is 0.437 e. The molecule has 0 aliphatic carbocycles. The van der Waals surface area contributed by atoms with Crippen LogP contribution in [0.15, 0.2) is 67.0 Å². The van der Waals surface area contributed by atoms with Crippen LogP contribution >= 0.6 is 0 Å². The lowest BCUT2D eigenvalue weighted by atomic mass is 10.1. The molecule has 8 nitrogen and oxygen atoms in total. The average Bonchev–Trinajstić information content (AvgIpc) is 2.89. The maximum atomic E-state index is 13.3. The zero-order valence-electron chi connectivity index (χ0n) is 20.2. The molecule has 1 fully saturated rings. The fraction of sp³-hybridized carbons (Fsp3) is 0.259. The summed E-state index contributed by atoms with van der Waals surface area (Å²) in [6, 6.07) is 18.0. The van der Waals surface area contributed by atoms with Gasteiger partial charge in [0, 0.05) is 50.6 Å². The number of benzene rings is 2. The molecule has 0 bridgehead atoms. The second-order valence-corrected chi connectivity index (χ2v) is 8.77. The van der Waals surface area contributed by atoms with Gasteiger partial charge in [-0.1, -0.05) is 24.3 Å². The molecule has 1 unspecified atom stereocenters. The van der Waals surface area contributed by atoms with Crippen LogP contribution in [0.25, 0.3) is 10.9 Å². The van der Waals surface area contributed by atoms with E-state index >= 15 is 0 Å². The third kappa shape index (κ3) is 5.26. The molecule has 9 heteroatoms. The van der Waals surface area contributed by atoms with E-state index in [0.29, 0.717) is 23.0 Å². The fourth-order valence-corrected chi connectivity index (χ4v) is 4.41. The number of pyridine rings is 1. The van der Waals surface area contributed by atoms with E-state index in [1.807, 2.05) is 42.5 Å². The molecule has 184 valence electrons. The Morgan fingerprint density at radius 2 is 1.81 bits per heavy atom. The monoisotopic (exact) mass is 486 g/mol. The topological polar surface area (TPSA) is 83.5 Å². The maximum absolute atomic E-state index is 13.3. The van der Waals surface area contributed by atoms with Crippen molar-refractivity contribution in [3.05, 3.63) is 78.4 Å². The number of hydrogen-bond acceptors (Lipinski definition) is 7. The summed E-state index contributed by atoms with van der Waals surface area (Å²) in [6.07, 6.45) is 1.50. The lowest BCUT2D eigenvalue weighted by molar-refractivity contribution is -0.114. The predicted octanol–water partition coefficient (Wildman–Crippen LogP) is 4.80. The summed E-state index contributed by atoms with van der Waals surface area (Å²) in [4.78, 5) is 29.3. The molecule has 2 aromatic carbocycles. The normalized spacial score (nSPS) is 15.0. The van der Waals surface area contributed by atoms with E-state index in [9.17, 15) is 9.18 Å². The minimum absolute atomic E-state index is 0.187. The first kappa shape index (κ1) is 23.6. The first-order valence-electron chi connectivity index (χ1n) is 11.9. The number of hydrogen-bond donors (Lipinski definition) is 1. The summed E-state index contributed by atoms with van der Waals surface area (Å²) in [7, 11) is 0. The lowest BCUT2D eigenvalue weighted by Gasteiger charge is -2.38. The molecule has 1 aliphatic heterocycles. The van der Waals surface area contributed by atoms with Crippen LogP contribution in [0.4, 0.5) is 16.0 Å². The van der Waals surface area contributed by atoms with Crippen LogP contribution in [0.2, 0.25) is 0 Å². The number of carbonyl (C=O) groups is 1. The minimum atomic E-state index is -0.218. The first-order chi connectivity index (χ1) is 17.5. The van der Waals surface area contributed by atoms with Crippen LogP contribution in [-0.4, -0.2) is 51.9 Å². The van der Waals surface area contributed by atoms with Gasteiger partial charge in [-0.15, -0.1) is 0 Å². The van der Waals surface area contributed by atoms with Crippen LogP contribution < -0.4 is 15.0 Å². The highest BCUT2D eigenvalue weighted by atomic mass is 19.1. The predicted molar refractivity (Wildman–Crippen MR) is 137 cm³/mol. The number of amides is 1. The number of ether oxygens (including phenoxy) is 1. The van der Waals surface area contributed by atoms with Crippen molar-refractivity contribution in [2.45, 2.75) is 19.9 Å².